The molecule has 0 spiro atoms. The lowest BCUT2D eigenvalue weighted by molar-refractivity contribution is -0.144. The third kappa shape index (κ3) is 3.11. The summed E-state index contributed by atoms with van der Waals surface area (Å²) in [6.45, 7) is 3.37. The average Bonchev–Trinajstić information content (AvgIpc) is 2.94. The summed E-state index contributed by atoms with van der Waals surface area (Å²) >= 11 is 0. The van der Waals surface area contributed by atoms with E-state index in [4.69, 9.17) is 9.47 Å². The normalized spacial score (nSPS) is 19.6. The zero-order valence-corrected chi connectivity index (χ0v) is 14.0. The van der Waals surface area contributed by atoms with Gasteiger partial charge in [0.15, 0.2) is 0 Å². The molecule has 5 heteroatoms. The molecule has 0 unspecified atom stereocenters. The molecule has 1 aliphatic heterocycles. The van der Waals surface area contributed by atoms with Crippen molar-refractivity contribution in [2.45, 2.75) is 26.0 Å². The number of methoxy groups -OCH3 is 1. The molecule has 0 aliphatic carbocycles. The van der Waals surface area contributed by atoms with Crippen LogP contribution in [0.25, 0.3) is 0 Å². The van der Waals surface area contributed by atoms with Crippen LogP contribution in [0.2, 0.25) is 0 Å². The fourth-order valence-electron chi connectivity index (χ4n) is 2.80. The van der Waals surface area contributed by atoms with Gasteiger partial charge in [0.2, 0.25) is 17.5 Å². The molecular formula is C19H20N2O3. The van der Waals surface area contributed by atoms with E-state index in [1.165, 1.54) is 11.9 Å². The van der Waals surface area contributed by atoms with Gasteiger partial charge < -0.3 is 9.47 Å². The Bertz CT molecular complexity index is 756. The molecule has 0 saturated carbocycles. The van der Waals surface area contributed by atoms with Crippen LogP contribution in [0.1, 0.15) is 25.0 Å². The molecule has 0 bridgehead atoms. The first-order valence-corrected chi connectivity index (χ1v) is 7.78. The maximum atomic E-state index is 12.0. The SMILES string of the molecule is COc1ccc(C[C@@]2(C)OC(c3ccccc3)=NN2C(C)=O)cc1. The largest absolute Gasteiger partial charge is 0.497 e. The first-order chi connectivity index (χ1) is 11.5. The number of nitrogens with zero attached hydrogens (tertiary/aromatic N) is 2. The van der Waals surface area contributed by atoms with Crippen LogP contribution in [0.5, 0.6) is 5.75 Å². The minimum Gasteiger partial charge on any atom is -0.497 e. The predicted octanol–water partition coefficient (Wildman–Crippen LogP) is 3.19. The van der Waals surface area contributed by atoms with Gasteiger partial charge in [-0.15, -0.1) is 5.10 Å². The van der Waals surface area contributed by atoms with Crippen molar-refractivity contribution in [3.05, 3.63) is 65.7 Å². The zero-order chi connectivity index (χ0) is 17.2. The van der Waals surface area contributed by atoms with Gasteiger partial charge in [0.25, 0.3) is 0 Å². The Morgan fingerprint density at radius 2 is 1.83 bits per heavy atom. The molecule has 1 amide bonds. The molecule has 0 saturated heterocycles. The highest BCUT2D eigenvalue weighted by Gasteiger charge is 2.43. The van der Waals surface area contributed by atoms with Gasteiger partial charge in [-0.1, -0.05) is 30.3 Å². The standard InChI is InChI=1S/C19H20N2O3/c1-14(22)21-19(2,13-15-9-11-17(23-3)12-10-15)24-18(20-21)16-7-5-4-6-8-16/h4-12H,13H2,1-3H3/t19-/m1/s1. The van der Waals surface area contributed by atoms with Gasteiger partial charge in [-0.2, -0.15) is 5.01 Å². The van der Waals surface area contributed by atoms with E-state index in [1.807, 2.05) is 61.5 Å². The molecule has 2 aromatic carbocycles. The Morgan fingerprint density at radius 3 is 2.42 bits per heavy atom. The number of hydrogen-bond donors (Lipinski definition) is 0. The van der Waals surface area contributed by atoms with E-state index in [9.17, 15) is 4.79 Å². The summed E-state index contributed by atoms with van der Waals surface area (Å²) in [6, 6.07) is 17.3. The number of hydrogen-bond acceptors (Lipinski definition) is 4. The molecule has 1 atom stereocenters. The van der Waals surface area contributed by atoms with Crippen LogP contribution in [-0.4, -0.2) is 29.6 Å². The number of rotatable bonds is 4. The topological polar surface area (TPSA) is 51.1 Å². The van der Waals surface area contributed by atoms with E-state index >= 15 is 0 Å². The second-order valence-corrected chi connectivity index (χ2v) is 5.90. The molecular weight excluding hydrogens is 304 g/mol. The summed E-state index contributed by atoms with van der Waals surface area (Å²) in [4.78, 5) is 12.0. The number of carbonyl (C=O) groups is 1. The molecule has 3 rings (SSSR count). The van der Waals surface area contributed by atoms with Crippen LogP contribution in [0.4, 0.5) is 0 Å². The fourth-order valence-corrected chi connectivity index (χ4v) is 2.80. The molecule has 2 aromatic rings. The quantitative estimate of drug-likeness (QED) is 0.868. The van der Waals surface area contributed by atoms with Crippen molar-refractivity contribution in [1.29, 1.82) is 0 Å². The van der Waals surface area contributed by atoms with Gasteiger partial charge in [-0.05, 0) is 36.8 Å². The smallest absolute Gasteiger partial charge is 0.243 e. The van der Waals surface area contributed by atoms with Crippen LogP contribution in [0.3, 0.4) is 0 Å². The van der Waals surface area contributed by atoms with Gasteiger partial charge in [-0.25, -0.2) is 0 Å². The molecule has 24 heavy (non-hydrogen) atoms. The first-order valence-electron chi connectivity index (χ1n) is 7.78. The molecule has 5 nitrogen and oxygen atoms in total. The highest BCUT2D eigenvalue weighted by atomic mass is 16.6. The predicted molar refractivity (Wildman–Crippen MR) is 91.7 cm³/mol. The summed E-state index contributed by atoms with van der Waals surface area (Å²) in [5.41, 5.74) is 1.03. The van der Waals surface area contributed by atoms with Crippen molar-refractivity contribution in [2.24, 2.45) is 5.10 Å². The van der Waals surface area contributed by atoms with Gasteiger partial charge >= 0.3 is 0 Å². The Hall–Kier alpha value is -2.82. The lowest BCUT2D eigenvalue weighted by atomic mass is 10.0. The third-order valence-electron chi connectivity index (χ3n) is 3.97. The maximum absolute atomic E-state index is 12.0. The first kappa shape index (κ1) is 16.1. The number of hydrazone groups is 1. The Balaban J connectivity index is 1.86. The summed E-state index contributed by atoms with van der Waals surface area (Å²) in [5, 5.41) is 5.81. The van der Waals surface area contributed by atoms with Gasteiger partial charge in [0.05, 0.1) is 7.11 Å². The minimum absolute atomic E-state index is 0.156. The highest BCUT2D eigenvalue weighted by molar-refractivity contribution is 5.96. The molecule has 0 fully saturated rings. The summed E-state index contributed by atoms with van der Waals surface area (Å²) in [5.74, 6) is 1.10. The van der Waals surface area contributed by atoms with Crippen molar-refractivity contribution in [3.8, 4) is 5.75 Å². The van der Waals surface area contributed by atoms with Gasteiger partial charge in [-0.3, -0.25) is 4.79 Å². The molecule has 1 aliphatic rings. The lowest BCUT2D eigenvalue weighted by Crippen LogP contribution is -2.45. The Kier molecular flexibility index (Phi) is 4.25. The van der Waals surface area contributed by atoms with Crippen LogP contribution >= 0.6 is 0 Å². The monoisotopic (exact) mass is 324 g/mol. The zero-order valence-electron chi connectivity index (χ0n) is 14.0. The van der Waals surface area contributed by atoms with Gasteiger partial charge in [0, 0.05) is 18.9 Å². The molecule has 1 heterocycles. The summed E-state index contributed by atoms with van der Waals surface area (Å²) in [6.07, 6.45) is 0.524. The fraction of sp³-hybridized carbons (Fsp3) is 0.263. The maximum Gasteiger partial charge on any atom is 0.243 e. The van der Waals surface area contributed by atoms with E-state index < -0.39 is 5.72 Å². The highest BCUT2D eigenvalue weighted by Crippen LogP contribution is 2.31. The Morgan fingerprint density at radius 1 is 1.17 bits per heavy atom. The molecule has 0 N–H and O–H groups in total. The molecule has 124 valence electrons. The van der Waals surface area contributed by atoms with E-state index in [0.29, 0.717) is 12.3 Å². The number of benzene rings is 2. The average molecular weight is 324 g/mol. The summed E-state index contributed by atoms with van der Waals surface area (Å²) < 4.78 is 11.3. The van der Waals surface area contributed by atoms with Crippen molar-refractivity contribution < 1.29 is 14.3 Å². The van der Waals surface area contributed by atoms with Crippen molar-refractivity contribution in [2.75, 3.05) is 7.11 Å². The van der Waals surface area contributed by atoms with Crippen molar-refractivity contribution in [1.82, 2.24) is 5.01 Å². The molecule has 0 radical (unpaired) electrons. The van der Waals surface area contributed by atoms with Crippen molar-refractivity contribution >= 4 is 11.8 Å². The lowest BCUT2D eigenvalue weighted by Gasteiger charge is -2.30. The van der Waals surface area contributed by atoms with E-state index in [0.717, 1.165) is 16.9 Å². The second kappa shape index (κ2) is 6.35. The van der Waals surface area contributed by atoms with Gasteiger partial charge in [0.1, 0.15) is 5.75 Å². The third-order valence-corrected chi connectivity index (χ3v) is 3.97. The van der Waals surface area contributed by atoms with Crippen LogP contribution in [0, 0.1) is 0 Å². The van der Waals surface area contributed by atoms with Crippen LogP contribution in [0.15, 0.2) is 59.7 Å². The second-order valence-electron chi connectivity index (χ2n) is 5.90. The number of ether oxygens (including phenoxy) is 2. The van der Waals surface area contributed by atoms with E-state index in [1.54, 1.807) is 7.11 Å². The molecule has 0 aromatic heterocycles. The van der Waals surface area contributed by atoms with Crippen LogP contribution in [-0.2, 0) is 16.0 Å². The van der Waals surface area contributed by atoms with Crippen LogP contribution < -0.4 is 4.74 Å². The van der Waals surface area contributed by atoms with E-state index in [-0.39, 0.29) is 5.91 Å². The van der Waals surface area contributed by atoms with Crippen molar-refractivity contribution in [3.63, 3.8) is 0 Å². The minimum atomic E-state index is -0.856. The number of amides is 1. The van der Waals surface area contributed by atoms with E-state index in [2.05, 4.69) is 5.10 Å². The summed E-state index contributed by atoms with van der Waals surface area (Å²) in [7, 11) is 1.63. The number of carbonyl (C=O) groups excluding carboxylic acids is 1. The Labute approximate surface area is 141 Å².